The highest BCUT2D eigenvalue weighted by Crippen LogP contribution is 2.13. The summed E-state index contributed by atoms with van der Waals surface area (Å²) < 4.78 is 48.3. The Morgan fingerprint density at radius 2 is 1.90 bits per heavy atom. The van der Waals surface area contributed by atoms with Gasteiger partial charge in [0, 0.05) is 12.1 Å². The van der Waals surface area contributed by atoms with Crippen LogP contribution in [-0.2, 0) is 9.84 Å². The molecule has 112 valence electrons. The molecular formula is C12H16F2N2O2S2. The molecule has 4 nitrogen and oxygen atoms in total. The van der Waals surface area contributed by atoms with Crippen LogP contribution in [0, 0.1) is 0 Å². The van der Waals surface area contributed by atoms with Crippen molar-refractivity contribution in [3.8, 4) is 0 Å². The summed E-state index contributed by atoms with van der Waals surface area (Å²) in [7, 11) is -2.05. The van der Waals surface area contributed by atoms with Crippen molar-refractivity contribution in [3.63, 3.8) is 0 Å². The summed E-state index contributed by atoms with van der Waals surface area (Å²) in [5.74, 6) is -0.220. The molecule has 0 heterocycles. The monoisotopic (exact) mass is 322 g/mol. The number of hydrogen-bond donors (Lipinski definition) is 1. The van der Waals surface area contributed by atoms with Gasteiger partial charge in [0.25, 0.3) is 6.43 Å². The van der Waals surface area contributed by atoms with Gasteiger partial charge < -0.3 is 5.73 Å². The smallest absolute Gasteiger partial charge is 0.251 e. The third kappa shape index (κ3) is 5.10. The predicted molar refractivity (Wildman–Crippen MR) is 77.9 cm³/mol. The Labute approximate surface area is 122 Å². The Bertz CT molecular complexity index is 559. The van der Waals surface area contributed by atoms with E-state index in [0.717, 1.165) is 0 Å². The second-order valence-electron chi connectivity index (χ2n) is 4.36. The van der Waals surface area contributed by atoms with Crippen LogP contribution in [0.4, 0.5) is 8.78 Å². The molecule has 0 aliphatic carbocycles. The lowest BCUT2D eigenvalue weighted by Crippen LogP contribution is -2.29. The summed E-state index contributed by atoms with van der Waals surface area (Å²) in [5.41, 5.74) is 6.00. The van der Waals surface area contributed by atoms with E-state index in [1.165, 1.54) is 36.2 Å². The molecule has 0 saturated carbocycles. The van der Waals surface area contributed by atoms with Crippen LogP contribution in [0.5, 0.6) is 0 Å². The molecule has 0 saturated heterocycles. The molecule has 0 aliphatic heterocycles. The minimum absolute atomic E-state index is 0.0454. The van der Waals surface area contributed by atoms with Crippen LogP contribution >= 0.6 is 12.2 Å². The fourth-order valence-corrected chi connectivity index (χ4v) is 3.02. The number of alkyl halides is 2. The second kappa shape index (κ2) is 7.05. The quantitative estimate of drug-likeness (QED) is 0.767. The largest absolute Gasteiger partial charge is 0.389 e. The molecule has 0 amide bonds. The fraction of sp³-hybridized carbons (Fsp3) is 0.417. The second-order valence-corrected chi connectivity index (χ2v) is 6.91. The topological polar surface area (TPSA) is 63.4 Å². The molecule has 0 aromatic heterocycles. The van der Waals surface area contributed by atoms with Crippen molar-refractivity contribution < 1.29 is 17.2 Å². The summed E-state index contributed by atoms with van der Waals surface area (Å²) in [6, 6.07) is 5.88. The van der Waals surface area contributed by atoms with Crippen molar-refractivity contribution >= 4 is 27.0 Å². The van der Waals surface area contributed by atoms with E-state index >= 15 is 0 Å². The summed E-state index contributed by atoms with van der Waals surface area (Å²) in [6.07, 6.45) is -2.48. The number of benzene rings is 1. The van der Waals surface area contributed by atoms with E-state index in [1.54, 1.807) is 0 Å². The van der Waals surface area contributed by atoms with Gasteiger partial charge in [0.05, 0.1) is 17.2 Å². The van der Waals surface area contributed by atoms with Crippen molar-refractivity contribution in [2.75, 3.05) is 25.9 Å². The maximum absolute atomic E-state index is 12.1. The molecule has 0 atom stereocenters. The highest BCUT2D eigenvalue weighted by Gasteiger charge is 2.16. The van der Waals surface area contributed by atoms with Crippen LogP contribution in [0.15, 0.2) is 29.2 Å². The first-order valence-electron chi connectivity index (χ1n) is 5.81. The summed E-state index contributed by atoms with van der Waals surface area (Å²) in [6.45, 7) is -0.403. The molecule has 0 bridgehead atoms. The maximum atomic E-state index is 12.1. The van der Waals surface area contributed by atoms with Crippen LogP contribution in [0.1, 0.15) is 5.56 Å². The van der Waals surface area contributed by atoms with E-state index in [-0.39, 0.29) is 22.2 Å². The van der Waals surface area contributed by atoms with Crippen LogP contribution in [0.3, 0.4) is 0 Å². The van der Waals surface area contributed by atoms with Crippen molar-refractivity contribution in [2.45, 2.75) is 11.3 Å². The average Bonchev–Trinajstić information content (AvgIpc) is 2.36. The molecule has 2 N–H and O–H groups in total. The van der Waals surface area contributed by atoms with Gasteiger partial charge in [-0.05, 0) is 19.2 Å². The first kappa shape index (κ1) is 16.9. The van der Waals surface area contributed by atoms with E-state index in [9.17, 15) is 17.2 Å². The zero-order chi connectivity index (χ0) is 15.3. The number of thiocarbonyl (C=S) groups is 1. The first-order chi connectivity index (χ1) is 9.22. The zero-order valence-electron chi connectivity index (χ0n) is 10.9. The summed E-state index contributed by atoms with van der Waals surface area (Å²) >= 11 is 4.77. The van der Waals surface area contributed by atoms with Gasteiger partial charge in [0.15, 0.2) is 9.84 Å². The molecule has 0 spiro atoms. The van der Waals surface area contributed by atoms with Gasteiger partial charge >= 0.3 is 0 Å². The Balaban J connectivity index is 2.71. The summed E-state index contributed by atoms with van der Waals surface area (Å²) in [4.78, 5) is 1.60. The van der Waals surface area contributed by atoms with Gasteiger partial charge in [0.2, 0.25) is 0 Å². The Morgan fingerprint density at radius 3 is 2.35 bits per heavy atom. The lowest BCUT2D eigenvalue weighted by molar-refractivity contribution is 0.103. The fourth-order valence-electron chi connectivity index (χ4n) is 1.55. The van der Waals surface area contributed by atoms with Crippen molar-refractivity contribution in [2.24, 2.45) is 5.73 Å². The van der Waals surface area contributed by atoms with Gasteiger partial charge in [-0.25, -0.2) is 17.2 Å². The Kier molecular flexibility index (Phi) is 5.97. The number of rotatable bonds is 7. The van der Waals surface area contributed by atoms with Gasteiger partial charge in [-0.1, -0.05) is 24.4 Å². The van der Waals surface area contributed by atoms with Gasteiger partial charge in [-0.15, -0.1) is 0 Å². The van der Waals surface area contributed by atoms with E-state index in [4.69, 9.17) is 18.0 Å². The molecule has 1 aromatic rings. The third-order valence-corrected chi connectivity index (χ3v) is 4.64. The third-order valence-electron chi connectivity index (χ3n) is 2.69. The Hall–Kier alpha value is -1.12. The Morgan fingerprint density at radius 1 is 1.35 bits per heavy atom. The van der Waals surface area contributed by atoms with E-state index in [2.05, 4.69) is 0 Å². The summed E-state index contributed by atoms with van der Waals surface area (Å²) in [5, 5.41) is 0. The van der Waals surface area contributed by atoms with Crippen LogP contribution in [-0.4, -0.2) is 50.6 Å². The van der Waals surface area contributed by atoms with Crippen LogP contribution < -0.4 is 5.73 Å². The number of nitrogens with two attached hydrogens (primary N) is 1. The van der Waals surface area contributed by atoms with Gasteiger partial charge in [0.1, 0.15) is 4.99 Å². The lowest BCUT2D eigenvalue weighted by Gasteiger charge is -2.15. The minimum Gasteiger partial charge on any atom is -0.389 e. The molecular weight excluding hydrogens is 306 g/mol. The molecule has 0 fully saturated rings. The first-order valence-corrected chi connectivity index (χ1v) is 7.88. The van der Waals surface area contributed by atoms with Crippen LogP contribution in [0.2, 0.25) is 0 Å². The molecule has 20 heavy (non-hydrogen) atoms. The molecule has 1 aromatic carbocycles. The van der Waals surface area contributed by atoms with E-state index < -0.39 is 22.8 Å². The molecule has 0 aliphatic rings. The zero-order valence-corrected chi connectivity index (χ0v) is 12.6. The highest BCUT2D eigenvalue weighted by molar-refractivity contribution is 7.91. The number of halogens is 2. The number of nitrogens with zero attached hydrogens (tertiary/aromatic N) is 1. The van der Waals surface area contributed by atoms with E-state index in [0.29, 0.717) is 5.56 Å². The SMILES string of the molecule is CN(CCS(=O)(=O)c1ccc(C(N)=S)cc1)CC(F)F. The van der Waals surface area contributed by atoms with Crippen molar-refractivity contribution in [1.82, 2.24) is 4.90 Å². The highest BCUT2D eigenvalue weighted by atomic mass is 32.2. The lowest BCUT2D eigenvalue weighted by atomic mass is 10.2. The maximum Gasteiger partial charge on any atom is 0.251 e. The molecule has 0 radical (unpaired) electrons. The van der Waals surface area contributed by atoms with Gasteiger partial charge in [-0.2, -0.15) is 0 Å². The van der Waals surface area contributed by atoms with Crippen LogP contribution in [0.25, 0.3) is 0 Å². The predicted octanol–water partition coefficient (Wildman–Crippen LogP) is 1.29. The molecule has 1 rings (SSSR count). The van der Waals surface area contributed by atoms with Gasteiger partial charge in [-0.3, -0.25) is 4.90 Å². The van der Waals surface area contributed by atoms with Crippen molar-refractivity contribution in [3.05, 3.63) is 29.8 Å². The van der Waals surface area contributed by atoms with Crippen molar-refractivity contribution in [1.29, 1.82) is 0 Å². The number of sulfone groups is 1. The molecule has 0 unspecified atom stereocenters. The standard InChI is InChI=1S/C12H16F2N2O2S2/c1-16(8-11(13)14)6-7-20(17,18)10-4-2-9(3-5-10)12(15)19/h2-5,11H,6-8H2,1H3,(H2,15,19). The normalized spacial score (nSPS) is 12.1. The van der Waals surface area contributed by atoms with E-state index in [1.807, 2.05) is 0 Å². The molecule has 8 heteroatoms. The minimum atomic E-state index is -3.50. The average molecular weight is 322 g/mol. The number of hydrogen-bond acceptors (Lipinski definition) is 4.